The molecule has 15 heavy (non-hydrogen) atoms. The molecule has 1 fully saturated rings. The highest BCUT2D eigenvalue weighted by atomic mass is 16.3. The summed E-state index contributed by atoms with van der Waals surface area (Å²) < 4.78 is 0. The molecular formula is C12H26N2O. The number of hydrogen-bond acceptors (Lipinski definition) is 3. The van der Waals surface area contributed by atoms with Gasteiger partial charge in [0.1, 0.15) is 0 Å². The minimum absolute atomic E-state index is 0.125. The Morgan fingerprint density at radius 1 is 1.40 bits per heavy atom. The molecule has 1 saturated heterocycles. The van der Waals surface area contributed by atoms with Crippen LogP contribution in [0.3, 0.4) is 0 Å². The highest BCUT2D eigenvalue weighted by molar-refractivity contribution is 4.83. The van der Waals surface area contributed by atoms with E-state index in [2.05, 4.69) is 24.5 Å². The molecule has 1 unspecified atom stereocenters. The Balaban J connectivity index is 2.25. The lowest BCUT2D eigenvalue weighted by molar-refractivity contribution is 0.204. The zero-order chi connectivity index (χ0) is 11.1. The molecule has 0 spiro atoms. The van der Waals surface area contributed by atoms with Crippen molar-refractivity contribution in [2.24, 2.45) is 5.92 Å². The number of hydrogen-bond donors (Lipinski definition) is 3. The van der Waals surface area contributed by atoms with Crippen molar-refractivity contribution < 1.29 is 5.11 Å². The van der Waals surface area contributed by atoms with Crippen LogP contribution in [0.25, 0.3) is 0 Å². The fraction of sp³-hybridized carbons (Fsp3) is 1.00. The van der Waals surface area contributed by atoms with Crippen molar-refractivity contribution in [3.05, 3.63) is 0 Å². The first kappa shape index (κ1) is 12.9. The average molecular weight is 214 g/mol. The van der Waals surface area contributed by atoms with Gasteiger partial charge in [0.05, 0.1) is 0 Å². The topological polar surface area (TPSA) is 44.3 Å². The maximum absolute atomic E-state index is 9.02. The van der Waals surface area contributed by atoms with Crippen molar-refractivity contribution in [1.29, 1.82) is 0 Å². The summed E-state index contributed by atoms with van der Waals surface area (Å²) in [6.07, 6.45) is 4.50. The average Bonchev–Trinajstić information content (AvgIpc) is 2.28. The molecule has 1 heterocycles. The molecule has 0 aliphatic carbocycles. The minimum Gasteiger partial charge on any atom is -0.396 e. The lowest BCUT2D eigenvalue weighted by atomic mass is 9.92. The highest BCUT2D eigenvalue weighted by Crippen LogP contribution is 2.16. The summed E-state index contributed by atoms with van der Waals surface area (Å²) in [6, 6.07) is 0. The third-order valence-electron chi connectivity index (χ3n) is 3.72. The van der Waals surface area contributed by atoms with E-state index < -0.39 is 0 Å². The second kappa shape index (κ2) is 6.46. The first-order valence-electron chi connectivity index (χ1n) is 6.27. The van der Waals surface area contributed by atoms with Crippen LogP contribution in [0.15, 0.2) is 0 Å². The largest absolute Gasteiger partial charge is 0.396 e. The molecule has 3 heteroatoms. The van der Waals surface area contributed by atoms with Crippen LogP contribution in [-0.2, 0) is 0 Å². The van der Waals surface area contributed by atoms with Gasteiger partial charge in [0, 0.05) is 12.1 Å². The van der Waals surface area contributed by atoms with E-state index in [1.165, 1.54) is 12.8 Å². The molecule has 0 radical (unpaired) electrons. The van der Waals surface area contributed by atoms with Gasteiger partial charge < -0.3 is 15.7 Å². The predicted octanol–water partition coefficient (Wildman–Crippen LogP) is 1.13. The zero-order valence-electron chi connectivity index (χ0n) is 10.2. The molecule has 0 aromatic carbocycles. The summed E-state index contributed by atoms with van der Waals surface area (Å²) in [5.41, 5.74) is 0.125. The van der Waals surface area contributed by atoms with Crippen LogP contribution in [0.4, 0.5) is 0 Å². The van der Waals surface area contributed by atoms with Gasteiger partial charge in [0.15, 0.2) is 0 Å². The SMILES string of the molecule is CCC(C)(CCO)NCC1CCNCC1. The van der Waals surface area contributed by atoms with Crippen molar-refractivity contribution in [3.8, 4) is 0 Å². The maximum atomic E-state index is 9.02. The number of aliphatic hydroxyl groups is 1. The summed E-state index contributed by atoms with van der Waals surface area (Å²) in [7, 11) is 0. The third kappa shape index (κ3) is 4.49. The molecule has 1 aliphatic heterocycles. The Morgan fingerprint density at radius 2 is 2.07 bits per heavy atom. The van der Waals surface area contributed by atoms with Crippen molar-refractivity contribution in [2.75, 3.05) is 26.2 Å². The van der Waals surface area contributed by atoms with Crippen molar-refractivity contribution >= 4 is 0 Å². The maximum Gasteiger partial charge on any atom is 0.0448 e. The van der Waals surface area contributed by atoms with Gasteiger partial charge in [0.25, 0.3) is 0 Å². The first-order chi connectivity index (χ1) is 7.20. The van der Waals surface area contributed by atoms with Gasteiger partial charge in [-0.3, -0.25) is 0 Å². The fourth-order valence-corrected chi connectivity index (χ4v) is 2.11. The number of nitrogens with one attached hydrogen (secondary N) is 2. The molecule has 1 rings (SSSR count). The van der Waals surface area contributed by atoms with E-state index in [1.807, 2.05) is 0 Å². The van der Waals surface area contributed by atoms with Crippen molar-refractivity contribution in [1.82, 2.24) is 10.6 Å². The number of piperidine rings is 1. The molecular weight excluding hydrogens is 188 g/mol. The van der Waals surface area contributed by atoms with E-state index in [-0.39, 0.29) is 12.1 Å². The highest BCUT2D eigenvalue weighted by Gasteiger charge is 2.22. The summed E-state index contributed by atoms with van der Waals surface area (Å²) in [6.45, 7) is 8.11. The van der Waals surface area contributed by atoms with Crippen LogP contribution in [0.1, 0.15) is 39.5 Å². The fourth-order valence-electron chi connectivity index (χ4n) is 2.11. The molecule has 0 saturated carbocycles. The van der Waals surface area contributed by atoms with E-state index in [0.717, 1.165) is 38.4 Å². The lowest BCUT2D eigenvalue weighted by Crippen LogP contribution is -2.46. The van der Waals surface area contributed by atoms with Gasteiger partial charge in [-0.1, -0.05) is 6.92 Å². The number of aliphatic hydroxyl groups excluding tert-OH is 1. The normalized spacial score (nSPS) is 22.6. The van der Waals surface area contributed by atoms with Gasteiger partial charge >= 0.3 is 0 Å². The van der Waals surface area contributed by atoms with Crippen LogP contribution < -0.4 is 10.6 Å². The van der Waals surface area contributed by atoms with Crippen LogP contribution in [0, 0.1) is 5.92 Å². The van der Waals surface area contributed by atoms with Gasteiger partial charge in [-0.25, -0.2) is 0 Å². The molecule has 0 amide bonds. The van der Waals surface area contributed by atoms with Crippen LogP contribution in [0.5, 0.6) is 0 Å². The van der Waals surface area contributed by atoms with Crippen LogP contribution in [-0.4, -0.2) is 36.9 Å². The monoisotopic (exact) mass is 214 g/mol. The molecule has 1 atom stereocenters. The molecule has 1 aliphatic rings. The van der Waals surface area contributed by atoms with Crippen molar-refractivity contribution in [2.45, 2.75) is 45.1 Å². The quantitative estimate of drug-likeness (QED) is 0.621. The predicted molar refractivity (Wildman–Crippen MR) is 64.0 cm³/mol. The Hall–Kier alpha value is -0.120. The molecule has 90 valence electrons. The van der Waals surface area contributed by atoms with Gasteiger partial charge in [-0.05, 0) is 58.2 Å². The van der Waals surface area contributed by atoms with Gasteiger partial charge in [0.2, 0.25) is 0 Å². The Kier molecular flexibility index (Phi) is 5.58. The van der Waals surface area contributed by atoms with E-state index in [4.69, 9.17) is 5.11 Å². The van der Waals surface area contributed by atoms with E-state index in [1.54, 1.807) is 0 Å². The van der Waals surface area contributed by atoms with E-state index >= 15 is 0 Å². The lowest BCUT2D eigenvalue weighted by Gasteiger charge is -2.32. The third-order valence-corrected chi connectivity index (χ3v) is 3.72. The Labute approximate surface area is 93.6 Å². The summed E-state index contributed by atoms with van der Waals surface area (Å²) >= 11 is 0. The molecule has 3 nitrogen and oxygen atoms in total. The van der Waals surface area contributed by atoms with Gasteiger partial charge in [-0.2, -0.15) is 0 Å². The minimum atomic E-state index is 0.125. The van der Waals surface area contributed by atoms with E-state index in [9.17, 15) is 0 Å². The molecule has 0 bridgehead atoms. The second-order valence-corrected chi connectivity index (χ2v) is 4.96. The van der Waals surface area contributed by atoms with Crippen LogP contribution in [0.2, 0.25) is 0 Å². The summed E-state index contributed by atoms with van der Waals surface area (Å²) in [4.78, 5) is 0. The smallest absolute Gasteiger partial charge is 0.0448 e. The molecule has 0 aromatic rings. The first-order valence-corrected chi connectivity index (χ1v) is 6.27. The standard InChI is InChI=1S/C12H26N2O/c1-3-12(2,6-9-15)14-10-11-4-7-13-8-5-11/h11,13-15H,3-10H2,1-2H3. The van der Waals surface area contributed by atoms with E-state index in [0.29, 0.717) is 0 Å². The zero-order valence-corrected chi connectivity index (χ0v) is 10.2. The van der Waals surface area contributed by atoms with Gasteiger partial charge in [-0.15, -0.1) is 0 Å². The summed E-state index contributed by atoms with van der Waals surface area (Å²) in [5.74, 6) is 0.816. The second-order valence-electron chi connectivity index (χ2n) is 4.96. The molecule has 3 N–H and O–H groups in total. The number of rotatable bonds is 6. The summed E-state index contributed by atoms with van der Waals surface area (Å²) in [5, 5.41) is 16.0. The Morgan fingerprint density at radius 3 is 2.60 bits per heavy atom. The van der Waals surface area contributed by atoms with Crippen LogP contribution >= 0.6 is 0 Å². The Bertz CT molecular complexity index is 169. The molecule has 0 aromatic heterocycles. The van der Waals surface area contributed by atoms with Crippen molar-refractivity contribution in [3.63, 3.8) is 0 Å².